The Morgan fingerprint density at radius 3 is 2.52 bits per heavy atom. The standard InChI is InChI=1S/C18H18N2O3/c1-2-20-17(22)15(16(21)19-18(20)23)14-10-6-9-13(11-14)12-7-4-3-5-8-12/h3-5,7-8,11H,2,6,9-10H2,1H3,(H,19,21,23)/b15-14+. The Kier molecular flexibility index (Phi) is 4.10. The highest BCUT2D eigenvalue weighted by Crippen LogP contribution is 2.32. The van der Waals surface area contributed by atoms with Crippen molar-refractivity contribution >= 4 is 23.4 Å². The van der Waals surface area contributed by atoms with Crippen LogP contribution in [0.2, 0.25) is 0 Å². The van der Waals surface area contributed by atoms with Gasteiger partial charge in [-0.3, -0.25) is 19.8 Å². The van der Waals surface area contributed by atoms with E-state index in [-0.39, 0.29) is 12.1 Å². The lowest BCUT2D eigenvalue weighted by molar-refractivity contribution is -0.130. The first-order valence-electron chi connectivity index (χ1n) is 7.78. The van der Waals surface area contributed by atoms with Gasteiger partial charge in [0.2, 0.25) is 0 Å². The lowest BCUT2D eigenvalue weighted by Gasteiger charge is -2.27. The van der Waals surface area contributed by atoms with Gasteiger partial charge in [0.25, 0.3) is 11.8 Å². The third-order valence-corrected chi connectivity index (χ3v) is 4.17. The summed E-state index contributed by atoms with van der Waals surface area (Å²) in [7, 11) is 0. The van der Waals surface area contributed by atoms with Crippen molar-refractivity contribution in [3.05, 3.63) is 53.1 Å². The molecule has 0 aromatic heterocycles. The van der Waals surface area contributed by atoms with Crippen molar-refractivity contribution in [1.82, 2.24) is 10.2 Å². The van der Waals surface area contributed by atoms with Crippen molar-refractivity contribution in [2.45, 2.75) is 26.2 Å². The van der Waals surface area contributed by atoms with Crippen molar-refractivity contribution in [3.8, 4) is 0 Å². The van der Waals surface area contributed by atoms with Crippen molar-refractivity contribution < 1.29 is 14.4 Å². The Bertz CT molecular complexity index is 732. The van der Waals surface area contributed by atoms with Crippen LogP contribution in [0.15, 0.2) is 47.6 Å². The highest BCUT2D eigenvalue weighted by molar-refractivity contribution is 6.29. The quantitative estimate of drug-likeness (QED) is 0.674. The van der Waals surface area contributed by atoms with Gasteiger partial charge in [0.05, 0.1) is 0 Å². The van der Waals surface area contributed by atoms with Crippen LogP contribution in [0.4, 0.5) is 4.79 Å². The number of hydrogen-bond donors (Lipinski definition) is 1. The van der Waals surface area contributed by atoms with Crippen molar-refractivity contribution in [2.24, 2.45) is 0 Å². The molecule has 4 amide bonds. The molecule has 0 saturated carbocycles. The molecule has 118 valence electrons. The van der Waals surface area contributed by atoms with E-state index in [1.807, 2.05) is 36.4 Å². The van der Waals surface area contributed by atoms with E-state index in [4.69, 9.17) is 0 Å². The average Bonchev–Trinajstić information content (AvgIpc) is 2.56. The number of barbiturate groups is 1. The maximum atomic E-state index is 12.5. The van der Waals surface area contributed by atoms with Crippen molar-refractivity contribution in [1.29, 1.82) is 0 Å². The van der Waals surface area contributed by atoms with Gasteiger partial charge in [-0.1, -0.05) is 36.4 Å². The van der Waals surface area contributed by atoms with Gasteiger partial charge in [-0.25, -0.2) is 4.79 Å². The van der Waals surface area contributed by atoms with E-state index < -0.39 is 17.8 Å². The predicted molar refractivity (Wildman–Crippen MR) is 86.2 cm³/mol. The van der Waals surface area contributed by atoms with Gasteiger partial charge in [0.1, 0.15) is 5.57 Å². The Morgan fingerprint density at radius 1 is 1.09 bits per heavy atom. The maximum absolute atomic E-state index is 12.5. The number of rotatable bonds is 2. The zero-order chi connectivity index (χ0) is 16.4. The molecule has 1 fully saturated rings. The zero-order valence-electron chi connectivity index (χ0n) is 13.0. The van der Waals surface area contributed by atoms with Crippen molar-refractivity contribution in [2.75, 3.05) is 6.54 Å². The molecule has 0 bridgehead atoms. The van der Waals surface area contributed by atoms with E-state index in [0.29, 0.717) is 12.0 Å². The molecule has 5 heteroatoms. The molecule has 0 unspecified atom stereocenters. The molecule has 1 saturated heterocycles. The molecule has 1 aromatic rings. The van der Waals surface area contributed by atoms with E-state index in [9.17, 15) is 14.4 Å². The number of hydrogen-bond acceptors (Lipinski definition) is 3. The van der Waals surface area contributed by atoms with Gasteiger partial charge in [0, 0.05) is 6.54 Å². The molecule has 23 heavy (non-hydrogen) atoms. The third kappa shape index (κ3) is 2.82. The first kappa shape index (κ1) is 15.2. The number of nitrogens with one attached hydrogen (secondary N) is 1. The van der Waals surface area contributed by atoms with Gasteiger partial charge >= 0.3 is 6.03 Å². The second kappa shape index (κ2) is 6.20. The van der Waals surface area contributed by atoms with E-state index in [1.54, 1.807) is 6.92 Å². The Morgan fingerprint density at radius 2 is 1.83 bits per heavy atom. The largest absolute Gasteiger partial charge is 0.331 e. The summed E-state index contributed by atoms with van der Waals surface area (Å²) in [5.41, 5.74) is 3.01. The van der Waals surface area contributed by atoms with Crippen LogP contribution in [0.25, 0.3) is 5.57 Å². The molecular weight excluding hydrogens is 292 g/mol. The predicted octanol–water partition coefficient (Wildman–Crippen LogP) is 2.65. The highest BCUT2D eigenvalue weighted by Gasteiger charge is 2.36. The molecule has 2 aliphatic rings. The second-order valence-corrected chi connectivity index (χ2v) is 5.60. The van der Waals surface area contributed by atoms with Gasteiger partial charge < -0.3 is 0 Å². The molecule has 3 rings (SSSR count). The summed E-state index contributed by atoms with van der Waals surface area (Å²) in [6, 6.07) is 9.28. The molecule has 0 spiro atoms. The third-order valence-electron chi connectivity index (χ3n) is 4.17. The Hall–Kier alpha value is -2.69. The average molecular weight is 310 g/mol. The lowest BCUT2D eigenvalue weighted by atomic mass is 9.87. The Balaban J connectivity index is 2.04. The summed E-state index contributed by atoms with van der Waals surface area (Å²) >= 11 is 0. The monoisotopic (exact) mass is 310 g/mol. The molecule has 0 atom stereocenters. The maximum Gasteiger partial charge on any atom is 0.331 e. The molecule has 1 heterocycles. The van der Waals surface area contributed by atoms with Gasteiger partial charge in [-0.15, -0.1) is 0 Å². The van der Waals surface area contributed by atoms with Crippen LogP contribution in [-0.4, -0.2) is 29.3 Å². The second-order valence-electron chi connectivity index (χ2n) is 5.60. The number of likely N-dealkylation sites (N-methyl/N-ethyl adjacent to an activating group) is 1. The number of imide groups is 2. The number of allylic oxidation sites excluding steroid dienone is 3. The minimum atomic E-state index is -0.644. The molecule has 1 aliphatic heterocycles. The minimum Gasteiger partial charge on any atom is -0.273 e. The van der Waals surface area contributed by atoms with E-state index >= 15 is 0 Å². The smallest absolute Gasteiger partial charge is 0.273 e. The highest BCUT2D eigenvalue weighted by atomic mass is 16.2. The first-order chi connectivity index (χ1) is 11.1. The summed E-state index contributed by atoms with van der Waals surface area (Å²) < 4.78 is 0. The number of urea groups is 1. The van der Waals surface area contributed by atoms with Gasteiger partial charge in [0.15, 0.2) is 0 Å². The molecule has 1 aromatic carbocycles. The summed E-state index contributed by atoms with van der Waals surface area (Å²) in [5, 5.41) is 2.25. The van der Waals surface area contributed by atoms with E-state index in [2.05, 4.69) is 5.32 Å². The van der Waals surface area contributed by atoms with Crippen LogP contribution >= 0.6 is 0 Å². The lowest BCUT2D eigenvalue weighted by Crippen LogP contribution is -2.54. The first-order valence-corrected chi connectivity index (χ1v) is 7.78. The summed E-state index contributed by atoms with van der Waals surface area (Å²) in [4.78, 5) is 37.4. The van der Waals surface area contributed by atoms with E-state index in [0.717, 1.165) is 28.9 Å². The van der Waals surface area contributed by atoms with E-state index in [1.165, 1.54) is 0 Å². The van der Waals surface area contributed by atoms with Gasteiger partial charge in [-0.05, 0) is 42.9 Å². The number of nitrogens with zero attached hydrogens (tertiary/aromatic N) is 1. The molecule has 5 nitrogen and oxygen atoms in total. The minimum absolute atomic E-state index is 0.0968. The Labute approximate surface area is 134 Å². The fourth-order valence-electron chi connectivity index (χ4n) is 3.02. The molecule has 1 aliphatic carbocycles. The van der Waals surface area contributed by atoms with Crippen molar-refractivity contribution in [3.63, 3.8) is 0 Å². The number of benzene rings is 1. The summed E-state index contributed by atoms with van der Waals surface area (Å²) in [5.74, 6) is -1.09. The van der Waals surface area contributed by atoms with Crippen LogP contribution < -0.4 is 5.32 Å². The van der Waals surface area contributed by atoms with Gasteiger partial charge in [-0.2, -0.15) is 0 Å². The van der Waals surface area contributed by atoms with Crippen LogP contribution in [0.3, 0.4) is 0 Å². The fourth-order valence-corrected chi connectivity index (χ4v) is 3.02. The number of carbonyl (C=O) groups is 3. The summed E-state index contributed by atoms with van der Waals surface area (Å²) in [6.07, 6.45) is 4.37. The SMILES string of the molecule is CCN1C(=O)NC(=O)/C(=C2\C=C(c3ccccc3)CCC2)C1=O. The molecule has 1 N–H and O–H groups in total. The normalized spacial score (nSPS) is 22.0. The number of amides is 4. The van der Waals surface area contributed by atoms with Crippen LogP contribution in [-0.2, 0) is 9.59 Å². The molecular formula is C18H18N2O3. The topological polar surface area (TPSA) is 66.5 Å². The van der Waals surface area contributed by atoms with Crippen LogP contribution in [0.1, 0.15) is 31.7 Å². The zero-order valence-corrected chi connectivity index (χ0v) is 13.0. The number of carbonyl (C=O) groups excluding carboxylic acids is 3. The fraction of sp³-hybridized carbons (Fsp3) is 0.278. The summed E-state index contributed by atoms with van der Waals surface area (Å²) in [6.45, 7) is 1.95. The molecule has 0 radical (unpaired) electrons. The van der Waals surface area contributed by atoms with Crippen LogP contribution in [0.5, 0.6) is 0 Å². The van der Waals surface area contributed by atoms with Crippen LogP contribution in [0, 0.1) is 0 Å².